The Morgan fingerprint density at radius 2 is 1.67 bits per heavy atom. The number of piperidine rings is 2. The molecule has 272 valence electrons. The van der Waals surface area contributed by atoms with Gasteiger partial charge in [0, 0.05) is 68.2 Å². The lowest BCUT2D eigenvalue weighted by Gasteiger charge is -2.34. The number of fused-ring (bicyclic) bond motifs is 1. The molecule has 3 aliphatic rings. The van der Waals surface area contributed by atoms with Gasteiger partial charge in [0.05, 0.1) is 30.0 Å². The molecule has 2 aliphatic heterocycles. The van der Waals surface area contributed by atoms with Gasteiger partial charge in [0.15, 0.2) is 0 Å². The maximum Gasteiger partial charge on any atom is 0.220 e. The second kappa shape index (κ2) is 14.4. The largest absolute Gasteiger partial charge is 0.382 e. The number of nitrogens with zero attached hydrogens (tertiary/aromatic N) is 9. The smallest absolute Gasteiger partial charge is 0.220 e. The van der Waals surface area contributed by atoms with E-state index in [9.17, 15) is 18.3 Å². The van der Waals surface area contributed by atoms with E-state index in [1.165, 1.54) is 41.6 Å². The van der Waals surface area contributed by atoms with Crippen LogP contribution in [-0.4, -0.2) is 101 Å². The number of hydrogen-bond donors (Lipinski definition) is 3. The van der Waals surface area contributed by atoms with Crippen molar-refractivity contribution in [3.63, 3.8) is 0 Å². The summed E-state index contributed by atoms with van der Waals surface area (Å²) in [7, 11) is 0. The van der Waals surface area contributed by atoms with Crippen LogP contribution >= 0.6 is 0 Å². The van der Waals surface area contributed by atoms with Crippen LogP contribution in [0.3, 0.4) is 0 Å². The standard InChI is InChI=1S/C37H42F3N11O/c38-25-4-2-24(3-5-25)33-35(32-8-12-44-36(41)47-32)51(23-45-33)27-9-14-48(15-10-27)13-1-11-43-34-28-17-49(18-29(28)34)19-37(52,20-50-22-42-21-46-50)30-7-6-26(39)16-31(30)40/h2-8,12,16,21-23,27-29,34,43,52H,1,9-11,13-15,17-20H2,(H2,41,44,47)/t28-,29+,34?,37-/m0/s1. The van der Waals surface area contributed by atoms with Crippen LogP contribution < -0.4 is 11.1 Å². The summed E-state index contributed by atoms with van der Waals surface area (Å²) in [5.41, 5.74) is 7.52. The van der Waals surface area contributed by atoms with Gasteiger partial charge in [-0.15, -0.1) is 0 Å². The Labute approximate surface area is 299 Å². The maximum atomic E-state index is 14.9. The number of hydrogen-bond acceptors (Lipinski definition) is 10. The molecule has 4 atom stereocenters. The second-order valence-electron chi connectivity index (χ2n) is 14.3. The highest BCUT2D eigenvalue weighted by Crippen LogP contribution is 2.46. The Balaban J connectivity index is 0.813. The van der Waals surface area contributed by atoms with Crippen molar-refractivity contribution < 1.29 is 18.3 Å². The molecule has 5 heterocycles. The number of nitrogen functional groups attached to an aromatic ring is 1. The van der Waals surface area contributed by atoms with Gasteiger partial charge < -0.3 is 25.6 Å². The highest BCUT2D eigenvalue weighted by molar-refractivity contribution is 5.77. The zero-order chi connectivity index (χ0) is 35.8. The predicted octanol–water partition coefficient (Wildman–Crippen LogP) is 3.73. The molecule has 1 saturated carbocycles. The van der Waals surface area contributed by atoms with Gasteiger partial charge in [-0.25, -0.2) is 37.8 Å². The molecule has 3 aromatic heterocycles. The molecule has 0 amide bonds. The fraction of sp³-hybridized carbons (Fsp3) is 0.432. The average molecular weight is 714 g/mol. The number of rotatable bonds is 13. The van der Waals surface area contributed by atoms with Gasteiger partial charge in [0.1, 0.15) is 35.7 Å². The molecule has 0 radical (unpaired) electrons. The first-order chi connectivity index (χ1) is 25.2. The molecule has 0 spiro atoms. The summed E-state index contributed by atoms with van der Waals surface area (Å²) in [5.74, 6) is -0.592. The molecule has 2 saturated heterocycles. The second-order valence-corrected chi connectivity index (χ2v) is 14.3. The number of benzene rings is 2. The van der Waals surface area contributed by atoms with E-state index in [0.29, 0.717) is 23.6 Å². The zero-order valence-electron chi connectivity index (χ0n) is 28.7. The normalized spacial score (nSPS) is 22.0. The third kappa shape index (κ3) is 7.18. The first-order valence-corrected chi connectivity index (χ1v) is 17.8. The van der Waals surface area contributed by atoms with E-state index in [0.717, 1.165) is 81.5 Å². The summed E-state index contributed by atoms with van der Waals surface area (Å²) >= 11 is 0. The van der Waals surface area contributed by atoms with Gasteiger partial charge >= 0.3 is 0 Å². The van der Waals surface area contributed by atoms with Crippen molar-refractivity contribution in [2.45, 2.75) is 43.5 Å². The predicted molar refractivity (Wildman–Crippen MR) is 188 cm³/mol. The third-order valence-electron chi connectivity index (χ3n) is 10.9. The number of nitrogens with one attached hydrogen (secondary N) is 1. The van der Waals surface area contributed by atoms with Gasteiger partial charge in [0.25, 0.3) is 0 Å². The molecule has 2 aromatic carbocycles. The van der Waals surface area contributed by atoms with Crippen molar-refractivity contribution in [2.75, 3.05) is 51.5 Å². The minimum absolute atomic E-state index is 0.0118. The first-order valence-electron chi connectivity index (χ1n) is 17.8. The van der Waals surface area contributed by atoms with E-state index in [2.05, 4.69) is 39.7 Å². The fourth-order valence-electron chi connectivity index (χ4n) is 8.29. The third-order valence-corrected chi connectivity index (χ3v) is 10.9. The Morgan fingerprint density at radius 3 is 2.38 bits per heavy atom. The molecule has 15 heteroatoms. The Morgan fingerprint density at radius 1 is 0.904 bits per heavy atom. The van der Waals surface area contributed by atoms with E-state index in [1.54, 1.807) is 18.3 Å². The van der Waals surface area contributed by atoms with Crippen molar-refractivity contribution in [3.05, 3.63) is 96.7 Å². The highest BCUT2D eigenvalue weighted by atomic mass is 19.1. The molecule has 8 rings (SSSR count). The molecular formula is C37H42F3N11O. The van der Waals surface area contributed by atoms with Crippen LogP contribution in [-0.2, 0) is 12.1 Å². The fourth-order valence-corrected chi connectivity index (χ4v) is 8.29. The van der Waals surface area contributed by atoms with E-state index < -0.39 is 17.2 Å². The van der Waals surface area contributed by atoms with Crippen LogP contribution in [0.15, 0.2) is 73.7 Å². The van der Waals surface area contributed by atoms with Crippen molar-refractivity contribution in [3.8, 4) is 22.6 Å². The van der Waals surface area contributed by atoms with E-state index in [1.807, 2.05) is 12.4 Å². The molecule has 1 aliphatic carbocycles. The summed E-state index contributed by atoms with van der Waals surface area (Å²) in [4.78, 5) is 21.9. The summed E-state index contributed by atoms with van der Waals surface area (Å²) in [6.07, 6.45) is 9.33. The summed E-state index contributed by atoms with van der Waals surface area (Å²) < 4.78 is 45.9. The highest BCUT2D eigenvalue weighted by Gasteiger charge is 2.56. The minimum Gasteiger partial charge on any atom is -0.382 e. The van der Waals surface area contributed by atoms with Crippen LogP contribution in [0.1, 0.15) is 30.9 Å². The van der Waals surface area contributed by atoms with E-state index >= 15 is 0 Å². The minimum atomic E-state index is -1.59. The van der Waals surface area contributed by atoms with Crippen molar-refractivity contribution in [1.82, 2.24) is 49.4 Å². The quantitative estimate of drug-likeness (QED) is 0.155. The Hall–Kier alpha value is -4.70. The van der Waals surface area contributed by atoms with Crippen LogP contribution in [0.4, 0.5) is 19.1 Å². The zero-order valence-corrected chi connectivity index (χ0v) is 28.7. The number of imidazole rings is 1. The molecular weight excluding hydrogens is 671 g/mol. The lowest BCUT2D eigenvalue weighted by atomic mass is 9.92. The van der Waals surface area contributed by atoms with Gasteiger partial charge in [-0.2, -0.15) is 5.10 Å². The molecule has 1 unspecified atom stereocenters. The van der Waals surface area contributed by atoms with Crippen LogP contribution in [0.25, 0.3) is 22.6 Å². The van der Waals surface area contributed by atoms with Crippen LogP contribution in [0.2, 0.25) is 0 Å². The SMILES string of the molecule is Nc1nccc(-c2c(-c3ccc(F)cc3)ncn2C2CCN(CCCNC3[C@H]4CN(C[C@](O)(Cn5cncn5)c5ccc(F)cc5F)C[C@@H]34)CC2)n1. The van der Waals surface area contributed by atoms with Crippen molar-refractivity contribution in [2.24, 2.45) is 11.8 Å². The number of halogens is 3. The number of β-amino-alcohol motifs (C(OH)–C–C–N with tert-alkyl or cyclic N) is 1. The van der Waals surface area contributed by atoms with Gasteiger partial charge in [-0.1, -0.05) is 6.07 Å². The van der Waals surface area contributed by atoms with Gasteiger partial charge in [-0.05, 0) is 80.6 Å². The number of anilines is 1. The average Bonchev–Trinajstić information content (AvgIpc) is 3.61. The summed E-state index contributed by atoms with van der Waals surface area (Å²) in [6, 6.07) is 12.2. The number of nitrogens with two attached hydrogens (primary N) is 1. The summed E-state index contributed by atoms with van der Waals surface area (Å²) in [6.45, 7) is 5.71. The topological polar surface area (TPSA) is 139 Å². The van der Waals surface area contributed by atoms with E-state index in [-0.39, 0.29) is 36.5 Å². The van der Waals surface area contributed by atoms with E-state index in [4.69, 9.17) is 10.7 Å². The maximum absolute atomic E-state index is 14.9. The van der Waals surface area contributed by atoms with Crippen LogP contribution in [0.5, 0.6) is 0 Å². The molecule has 0 bridgehead atoms. The van der Waals surface area contributed by atoms with Crippen molar-refractivity contribution >= 4 is 5.95 Å². The summed E-state index contributed by atoms with van der Waals surface area (Å²) in [5, 5.41) is 19.6. The molecule has 3 fully saturated rings. The molecule has 4 N–H and O–H groups in total. The lowest BCUT2D eigenvalue weighted by molar-refractivity contribution is -0.0193. The number of likely N-dealkylation sites (tertiary alicyclic amines) is 2. The molecule has 5 aromatic rings. The monoisotopic (exact) mass is 713 g/mol. The Kier molecular flexibility index (Phi) is 9.51. The Bertz CT molecular complexity index is 1970. The molecule has 12 nitrogen and oxygen atoms in total. The number of aromatic nitrogens is 7. The molecule has 52 heavy (non-hydrogen) atoms. The van der Waals surface area contributed by atoms with Crippen LogP contribution in [0, 0.1) is 29.3 Å². The lowest BCUT2D eigenvalue weighted by Crippen LogP contribution is -2.45. The first kappa shape index (κ1) is 34.4. The van der Waals surface area contributed by atoms with Gasteiger partial charge in [-0.3, -0.25) is 4.90 Å². The van der Waals surface area contributed by atoms with Gasteiger partial charge in [0.2, 0.25) is 5.95 Å². The van der Waals surface area contributed by atoms with Crippen molar-refractivity contribution in [1.29, 1.82) is 0 Å². The number of aliphatic hydroxyl groups is 1.